The van der Waals surface area contributed by atoms with Crippen molar-refractivity contribution in [3.63, 3.8) is 0 Å². The Morgan fingerprint density at radius 2 is 1.74 bits per heavy atom. The third-order valence-corrected chi connectivity index (χ3v) is 6.30. The van der Waals surface area contributed by atoms with Crippen LogP contribution in [0.4, 0.5) is 10.1 Å². The summed E-state index contributed by atoms with van der Waals surface area (Å²) >= 11 is 0. The van der Waals surface area contributed by atoms with E-state index in [1.165, 1.54) is 0 Å². The van der Waals surface area contributed by atoms with Crippen LogP contribution in [0.2, 0.25) is 0 Å². The standard InChI is InChI=1S/C28H29FN2O7/c29-28-22(32)15-27(36)38-23(28)17-37-26(35)12-11-24(33)30-14-13-25(34)31-16-20-7-2-1-5-18(20)9-10-19-6-3-4-8-21(19)31/h1-8,22-23,27-28,32,36H,11-17H2,(H,30,33)/t22-,23-,27?,28+/m1/s1. The Bertz CT molecular complexity index is 1240. The molecule has 0 saturated carbocycles. The Morgan fingerprint density at radius 1 is 1.03 bits per heavy atom. The summed E-state index contributed by atoms with van der Waals surface area (Å²) in [6.07, 6.45) is -6.50. The van der Waals surface area contributed by atoms with Crippen LogP contribution in [-0.4, -0.2) is 65.8 Å². The summed E-state index contributed by atoms with van der Waals surface area (Å²) in [6.45, 7) is -0.0675. The molecule has 2 heterocycles. The number of halogens is 1. The van der Waals surface area contributed by atoms with Gasteiger partial charge < -0.3 is 29.9 Å². The van der Waals surface area contributed by atoms with Gasteiger partial charge in [-0.1, -0.05) is 42.2 Å². The number of hydrogen-bond acceptors (Lipinski definition) is 7. The Morgan fingerprint density at radius 3 is 2.55 bits per heavy atom. The van der Waals surface area contributed by atoms with Crippen LogP contribution in [0.15, 0.2) is 48.5 Å². The van der Waals surface area contributed by atoms with Gasteiger partial charge in [-0.15, -0.1) is 0 Å². The maximum Gasteiger partial charge on any atom is 0.306 e. The highest BCUT2D eigenvalue weighted by Gasteiger charge is 2.38. The van der Waals surface area contributed by atoms with E-state index in [0.29, 0.717) is 12.2 Å². The zero-order valence-electron chi connectivity index (χ0n) is 20.6. The molecule has 2 aliphatic rings. The van der Waals surface area contributed by atoms with Crippen LogP contribution in [0, 0.1) is 11.8 Å². The number of fused-ring (bicyclic) bond motifs is 2. The summed E-state index contributed by atoms with van der Waals surface area (Å²) < 4.78 is 23.8. The quantitative estimate of drug-likeness (QED) is 0.354. The van der Waals surface area contributed by atoms with E-state index in [1.54, 1.807) is 4.90 Å². The molecule has 0 radical (unpaired) electrons. The lowest BCUT2D eigenvalue weighted by Gasteiger charge is -2.33. The van der Waals surface area contributed by atoms with Gasteiger partial charge in [-0.3, -0.25) is 14.4 Å². The number of aliphatic hydroxyl groups is 2. The molecule has 200 valence electrons. The zero-order chi connectivity index (χ0) is 27.1. The molecule has 38 heavy (non-hydrogen) atoms. The molecule has 0 aromatic heterocycles. The van der Waals surface area contributed by atoms with Gasteiger partial charge in [0.05, 0.1) is 24.8 Å². The molecule has 1 saturated heterocycles. The molecular weight excluding hydrogens is 495 g/mol. The molecule has 10 heteroatoms. The number of aliphatic hydroxyl groups excluding tert-OH is 2. The predicted molar refractivity (Wildman–Crippen MR) is 134 cm³/mol. The van der Waals surface area contributed by atoms with E-state index in [0.717, 1.165) is 16.7 Å². The van der Waals surface area contributed by atoms with Crippen molar-refractivity contribution in [2.24, 2.45) is 0 Å². The van der Waals surface area contributed by atoms with Crippen molar-refractivity contribution >= 4 is 23.5 Å². The average molecular weight is 525 g/mol. The fourth-order valence-corrected chi connectivity index (χ4v) is 4.25. The monoisotopic (exact) mass is 524 g/mol. The topological polar surface area (TPSA) is 125 Å². The maximum absolute atomic E-state index is 13.9. The number of esters is 1. The van der Waals surface area contributed by atoms with Gasteiger partial charge in [0.25, 0.3) is 0 Å². The normalized spacial score (nSPS) is 22.0. The van der Waals surface area contributed by atoms with Crippen LogP contribution in [0.3, 0.4) is 0 Å². The Kier molecular flexibility index (Phi) is 9.07. The van der Waals surface area contributed by atoms with Gasteiger partial charge in [-0.25, -0.2) is 4.39 Å². The minimum atomic E-state index is -1.80. The number of amides is 2. The van der Waals surface area contributed by atoms with Gasteiger partial charge in [0.1, 0.15) is 12.7 Å². The number of rotatable bonds is 8. The fourth-order valence-electron chi connectivity index (χ4n) is 4.25. The van der Waals surface area contributed by atoms with Crippen molar-refractivity contribution in [3.05, 3.63) is 65.2 Å². The number of nitrogens with zero attached hydrogens (tertiary/aromatic N) is 1. The summed E-state index contributed by atoms with van der Waals surface area (Å²) in [5.74, 6) is 4.92. The number of nitrogens with one attached hydrogen (secondary N) is 1. The summed E-state index contributed by atoms with van der Waals surface area (Å²) in [4.78, 5) is 39.0. The molecule has 2 aromatic carbocycles. The SMILES string of the molecule is O=C(CCC(=O)OC[C@H]1OC(O)C[C@@H](O)[C@@H]1F)NCCC(=O)N1Cc2ccccc2C#Cc2ccccc21. The molecule has 0 aliphatic carbocycles. The number of anilines is 1. The zero-order valence-corrected chi connectivity index (χ0v) is 20.6. The lowest BCUT2D eigenvalue weighted by molar-refractivity contribution is -0.228. The molecule has 4 rings (SSSR count). The highest BCUT2D eigenvalue weighted by Crippen LogP contribution is 2.26. The first-order valence-corrected chi connectivity index (χ1v) is 12.4. The Balaban J connectivity index is 1.24. The van der Waals surface area contributed by atoms with Gasteiger partial charge in [-0.2, -0.15) is 0 Å². The van der Waals surface area contributed by atoms with Crippen molar-refractivity contribution in [1.29, 1.82) is 0 Å². The first kappa shape index (κ1) is 27.3. The molecule has 2 aliphatic heterocycles. The molecule has 1 fully saturated rings. The summed E-state index contributed by atoms with van der Waals surface area (Å²) in [5.41, 5.74) is 3.21. The van der Waals surface area contributed by atoms with E-state index in [2.05, 4.69) is 17.2 Å². The predicted octanol–water partition coefficient (Wildman–Crippen LogP) is 1.57. The largest absolute Gasteiger partial charge is 0.463 e. The Labute approximate surface area is 219 Å². The van der Waals surface area contributed by atoms with Crippen LogP contribution in [0.5, 0.6) is 0 Å². The molecule has 0 spiro atoms. The molecule has 0 bridgehead atoms. The van der Waals surface area contributed by atoms with Gasteiger partial charge in [0.15, 0.2) is 12.5 Å². The second-order valence-corrected chi connectivity index (χ2v) is 9.06. The maximum atomic E-state index is 13.9. The molecule has 9 nitrogen and oxygen atoms in total. The highest BCUT2D eigenvalue weighted by atomic mass is 19.1. The Hall–Kier alpha value is -3.78. The minimum Gasteiger partial charge on any atom is -0.463 e. The molecule has 1 unspecified atom stereocenters. The number of hydrogen-bond donors (Lipinski definition) is 3. The first-order valence-electron chi connectivity index (χ1n) is 12.4. The van der Waals surface area contributed by atoms with Crippen LogP contribution in [0.1, 0.15) is 42.4 Å². The smallest absolute Gasteiger partial charge is 0.306 e. The summed E-state index contributed by atoms with van der Waals surface area (Å²) in [5, 5.41) is 21.6. The second kappa shape index (κ2) is 12.6. The highest BCUT2D eigenvalue weighted by molar-refractivity contribution is 5.95. The second-order valence-electron chi connectivity index (χ2n) is 9.06. The average Bonchev–Trinajstić information content (AvgIpc) is 2.90. The van der Waals surface area contributed by atoms with E-state index in [1.807, 2.05) is 48.5 Å². The molecule has 2 amide bonds. The van der Waals surface area contributed by atoms with Crippen LogP contribution >= 0.6 is 0 Å². The van der Waals surface area contributed by atoms with E-state index in [-0.39, 0.29) is 38.1 Å². The number of benzene rings is 2. The van der Waals surface area contributed by atoms with Gasteiger partial charge in [0.2, 0.25) is 11.8 Å². The minimum absolute atomic E-state index is 0.0433. The van der Waals surface area contributed by atoms with Crippen LogP contribution in [0.25, 0.3) is 0 Å². The van der Waals surface area contributed by atoms with E-state index in [4.69, 9.17) is 9.47 Å². The first-order chi connectivity index (χ1) is 18.3. The van der Waals surface area contributed by atoms with Crippen LogP contribution in [-0.2, 0) is 30.4 Å². The molecule has 4 atom stereocenters. The number of para-hydroxylation sites is 1. The number of carbonyl (C=O) groups excluding carboxylic acids is 3. The molecule has 2 aromatic rings. The van der Waals surface area contributed by atoms with Crippen molar-refractivity contribution in [2.75, 3.05) is 18.1 Å². The van der Waals surface area contributed by atoms with Crippen molar-refractivity contribution in [1.82, 2.24) is 5.32 Å². The van der Waals surface area contributed by atoms with Crippen molar-refractivity contribution in [2.45, 2.75) is 56.9 Å². The van der Waals surface area contributed by atoms with Gasteiger partial charge in [0, 0.05) is 36.9 Å². The summed E-state index contributed by atoms with van der Waals surface area (Å²) in [6, 6.07) is 15.0. The lowest BCUT2D eigenvalue weighted by Crippen LogP contribution is -2.48. The van der Waals surface area contributed by atoms with E-state index in [9.17, 15) is 29.0 Å². The lowest BCUT2D eigenvalue weighted by atomic mass is 10.0. The van der Waals surface area contributed by atoms with Crippen LogP contribution < -0.4 is 10.2 Å². The third kappa shape index (κ3) is 6.95. The molecular formula is C28H29FN2O7. The number of alkyl halides is 1. The number of carbonyl (C=O) groups is 3. The van der Waals surface area contributed by atoms with E-state index >= 15 is 0 Å². The summed E-state index contributed by atoms with van der Waals surface area (Å²) in [7, 11) is 0. The van der Waals surface area contributed by atoms with Crippen molar-refractivity contribution < 1.29 is 38.5 Å². The van der Waals surface area contributed by atoms with Crippen molar-refractivity contribution in [3.8, 4) is 11.8 Å². The van der Waals surface area contributed by atoms with Gasteiger partial charge >= 0.3 is 5.97 Å². The number of ether oxygens (including phenoxy) is 2. The van der Waals surface area contributed by atoms with Gasteiger partial charge in [-0.05, 0) is 23.8 Å². The van der Waals surface area contributed by atoms with E-state index < -0.39 is 43.2 Å². The fraction of sp³-hybridized carbons (Fsp3) is 0.393. The molecule has 3 N–H and O–H groups in total. The third-order valence-electron chi connectivity index (χ3n) is 6.30.